The maximum atomic E-state index is 11.3. The summed E-state index contributed by atoms with van der Waals surface area (Å²) in [4.78, 5) is 16.2. The number of hydrogen-bond donors (Lipinski definition) is 0. The second kappa shape index (κ2) is 9.38. The van der Waals surface area contributed by atoms with Crippen LogP contribution in [0.2, 0.25) is 5.02 Å². The van der Waals surface area contributed by atoms with E-state index in [4.69, 9.17) is 26.1 Å². The van der Waals surface area contributed by atoms with Crippen molar-refractivity contribution in [1.82, 2.24) is 4.98 Å². The highest BCUT2D eigenvalue weighted by Crippen LogP contribution is 2.45. The van der Waals surface area contributed by atoms with Gasteiger partial charge in [-0.05, 0) is 48.0 Å². The monoisotopic (exact) mass is 465 g/mol. The van der Waals surface area contributed by atoms with Crippen molar-refractivity contribution in [3.63, 3.8) is 0 Å². The summed E-state index contributed by atoms with van der Waals surface area (Å²) in [6.45, 7) is 1.37. The summed E-state index contributed by atoms with van der Waals surface area (Å²) in [5, 5.41) is 1.51. The van der Waals surface area contributed by atoms with Gasteiger partial charge in [0, 0.05) is 28.5 Å². The Morgan fingerprint density at radius 1 is 0.765 bits per heavy atom. The SMILES string of the molecule is CC(=O)Oc1ccc(Oc2c(-c3ccccc3)nc3ccc(Cl)cc3c2-c2ccccc2)cc1. The van der Waals surface area contributed by atoms with Crippen LogP contribution in [0.1, 0.15) is 6.92 Å². The molecule has 5 aromatic rings. The lowest BCUT2D eigenvalue weighted by molar-refractivity contribution is -0.131. The highest BCUT2D eigenvalue weighted by atomic mass is 35.5. The third-order valence-corrected chi connectivity index (χ3v) is 5.55. The summed E-state index contributed by atoms with van der Waals surface area (Å²) in [6, 6.07) is 32.6. The van der Waals surface area contributed by atoms with E-state index >= 15 is 0 Å². The fourth-order valence-electron chi connectivity index (χ4n) is 3.86. The largest absolute Gasteiger partial charge is 0.454 e. The molecule has 0 spiro atoms. The Morgan fingerprint density at radius 2 is 1.38 bits per heavy atom. The van der Waals surface area contributed by atoms with Crippen molar-refractivity contribution in [2.45, 2.75) is 6.92 Å². The summed E-state index contributed by atoms with van der Waals surface area (Å²) in [5.74, 6) is 1.29. The van der Waals surface area contributed by atoms with Gasteiger partial charge in [0.25, 0.3) is 0 Å². The van der Waals surface area contributed by atoms with Gasteiger partial charge in [-0.2, -0.15) is 0 Å². The van der Waals surface area contributed by atoms with Crippen molar-refractivity contribution in [3.05, 3.63) is 108 Å². The topological polar surface area (TPSA) is 48.4 Å². The number of aromatic nitrogens is 1. The molecule has 0 aliphatic carbocycles. The number of pyridine rings is 1. The van der Waals surface area contributed by atoms with E-state index in [1.54, 1.807) is 24.3 Å². The number of esters is 1. The maximum absolute atomic E-state index is 11.3. The van der Waals surface area contributed by atoms with Crippen LogP contribution in [0.25, 0.3) is 33.3 Å². The zero-order valence-electron chi connectivity index (χ0n) is 18.4. The molecule has 4 nitrogen and oxygen atoms in total. The van der Waals surface area contributed by atoms with Crippen LogP contribution in [0.3, 0.4) is 0 Å². The summed E-state index contributed by atoms with van der Waals surface area (Å²) in [6.07, 6.45) is 0. The smallest absolute Gasteiger partial charge is 0.308 e. The van der Waals surface area contributed by atoms with Gasteiger partial charge in [0.15, 0.2) is 5.75 Å². The molecule has 0 radical (unpaired) electrons. The minimum absolute atomic E-state index is 0.373. The maximum Gasteiger partial charge on any atom is 0.308 e. The first kappa shape index (κ1) is 21.7. The molecule has 0 fully saturated rings. The van der Waals surface area contributed by atoms with Crippen molar-refractivity contribution in [2.75, 3.05) is 0 Å². The van der Waals surface area contributed by atoms with Crippen LogP contribution in [0, 0.1) is 0 Å². The zero-order chi connectivity index (χ0) is 23.5. The van der Waals surface area contributed by atoms with Crippen LogP contribution < -0.4 is 9.47 Å². The Labute approximate surface area is 202 Å². The van der Waals surface area contributed by atoms with E-state index < -0.39 is 0 Å². The van der Waals surface area contributed by atoms with Gasteiger partial charge in [-0.15, -0.1) is 0 Å². The summed E-state index contributed by atoms with van der Waals surface area (Å²) < 4.78 is 11.7. The Balaban J connectivity index is 1.76. The second-order valence-electron chi connectivity index (χ2n) is 7.73. The molecule has 0 N–H and O–H groups in total. The van der Waals surface area contributed by atoms with Gasteiger partial charge < -0.3 is 9.47 Å². The first-order chi connectivity index (χ1) is 16.6. The molecule has 34 heavy (non-hydrogen) atoms. The van der Waals surface area contributed by atoms with Gasteiger partial charge in [-0.25, -0.2) is 4.98 Å². The number of ether oxygens (including phenoxy) is 2. The van der Waals surface area contributed by atoms with Crippen molar-refractivity contribution in [3.8, 4) is 39.6 Å². The highest BCUT2D eigenvalue weighted by Gasteiger charge is 2.20. The van der Waals surface area contributed by atoms with Crippen molar-refractivity contribution >= 4 is 28.5 Å². The van der Waals surface area contributed by atoms with Gasteiger partial charge >= 0.3 is 5.97 Å². The van der Waals surface area contributed by atoms with Gasteiger partial charge in [0.05, 0.1) is 5.52 Å². The molecule has 5 rings (SSSR count). The quantitative estimate of drug-likeness (QED) is 0.195. The summed E-state index contributed by atoms with van der Waals surface area (Å²) in [7, 11) is 0. The zero-order valence-corrected chi connectivity index (χ0v) is 19.1. The van der Waals surface area contributed by atoms with Crippen LogP contribution >= 0.6 is 11.6 Å². The number of carbonyl (C=O) groups excluding carboxylic acids is 1. The molecule has 0 bridgehead atoms. The van der Waals surface area contributed by atoms with Crippen LogP contribution in [-0.2, 0) is 4.79 Å². The molecule has 166 valence electrons. The molecule has 0 aliphatic rings. The lowest BCUT2D eigenvalue weighted by atomic mass is 9.96. The summed E-state index contributed by atoms with van der Waals surface area (Å²) in [5.41, 5.74) is 4.36. The number of fused-ring (bicyclic) bond motifs is 1. The Morgan fingerprint density at radius 3 is 2.03 bits per heavy atom. The van der Waals surface area contributed by atoms with E-state index in [1.165, 1.54) is 6.92 Å². The number of nitrogens with zero attached hydrogens (tertiary/aromatic N) is 1. The van der Waals surface area contributed by atoms with Crippen LogP contribution in [0.4, 0.5) is 0 Å². The fourth-order valence-corrected chi connectivity index (χ4v) is 4.03. The van der Waals surface area contributed by atoms with E-state index in [1.807, 2.05) is 78.9 Å². The summed E-state index contributed by atoms with van der Waals surface area (Å²) >= 11 is 6.40. The Bertz CT molecular complexity index is 1470. The van der Waals surface area contributed by atoms with E-state index in [0.29, 0.717) is 22.3 Å². The normalized spacial score (nSPS) is 10.8. The van der Waals surface area contributed by atoms with Gasteiger partial charge in [-0.1, -0.05) is 72.3 Å². The van der Waals surface area contributed by atoms with Crippen LogP contribution in [-0.4, -0.2) is 11.0 Å². The predicted molar refractivity (Wildman–Crippen MR) is 135 cm³/mol. The lowest BCUT2D eigenvalue weighted by Crippen LogP contribution is -2.01. The van der Waals surface area contributed by atoms with Gasteiger partial charge in [-0.3, -0.25) is 4.79 Å². The first-order valence-electron chi connectivity index (χ1n) is 10.8. The molecule has 0 saturated heterocycles. The van der Waals surface area contributed by atoms with Gasteiger partial charge in [0.1, 0.15) is 17.2 Å². The van der Waals surface area contributed by atoms with E-state index in [-0.39, 0.29) is 5.97 Å². The highest BCUT2D eigenvalue weighted by molar-refractivity contribution is 6.31. The molecule has 0 atom stereocenters. The van der Waals surface area contributed by atoms with Crippen molar-refractivity contribution in [2.24, 2.45) is 0 Å². The molecule has 0 unspecified atom stereocenters. The second-order valence-corrected chi connectivity index (χ2v) is 8.16. The third kappa shape index (κ3) is 4.49. The van der Waals surface area contributed by atoms with Crippen LogP contribution in [0.5, 0.6) is 17.2 Å². The van der Waals surface area contributed by atoms with Crippen LogP contribution in [0.15, 0.2) is 103 Å². The number of benzene rings is 4. The molecule has 4 aromatic carbocycles. The average Bonchev–Trinajstić information content (AvgIpc) is 2.85. The number of halogens is 1. The molecule has 1 aromatic heterocycles. The minimum Gasteiger partial charge on any atom is -0.454 e. The first-order valence-corrected chi connectivity index (χ1v) is 11.2. The Kier molecular flexibility index (Phi) is 5.98. The molecule has 5 heteroatoms. The predicted octanol–water partition coefficient (Wildman–Crippen LogP) is 7.94. The molecule has 1 heterocycles. The molecule has 0 saturated carbocycles. The third-order valence-electron chi connectivity index (χ3n) is 5.32. The lowest BCUT2D eigenvalue weighted by Gasteiger charge is -2.18. The fraction of sp³-hybridized carbons (Fsp3) is 0.0345. The van der Waals surface area contributed by atoms with Crippen molar-refractivity contribution < 1.29 is 14.3 Å². The standard InChI is InChI=1S/C29H20ClNO3/c1-19(32)33-23-13-15-24(16-14-23)34-29-27(20-8-4-2-5-9-20)25-18-22(30)12-17-26(25)31-28(29)21-10-6-3-7-11-21/h2-18H,1H3. The number of carbonyl (C=O) groups is 1. The molecule has 0 aliphatic heterocycles. The number of hydrogen-bond acceptors (Lipinski definition) is 4. The van der Waals surface area contributed by atoms with E-state index in [9.17, 15) is 4.79 Å². The minimum atomic E-state index is -0.373. The Hall–Kier alpha value is -4.15. The van der Waals surface area contributed by atoms with Gasteiger partial charge in [0.2, 0.25) is 0 Å². The van der Waals surface area contributed by atoms with E-state index in [2.05, 4.69) is 0 Å². The molecule has 0 amide bonds. The molecular weight excluding hydrogens is 446 g/mol. The molecular formula is C29H20ClNO3. The number of rotatable bonds is 5. The van der Waals surface area contributed by atoms with Crippen molar-refractivity contribution in [1.29, 1.82) is 0 Å². The average molecular weight is 466 g/mol. The van der Waals surface area contributed by atoms with E-state index in [0.717, 1.165) is 33.3 Å².